The topological polar surface area (TPSA) is 37.3 Å². The van der Waals surface area contributed by atoms with Gasteiger partial charge in [-0.1, -0.05) is 37.6 Å². The van der Waals surface area contributed by atoms with Crippen molar-refractivity contribution in [1.29, 1.82) is 0 Å². The van der Waals surface area contributed by atoms with Crippen molar-refractivity contribution in [2.24, 2.45) is 28.6 Å². The minimum Gasteiger partial charge on any atom is -0.393 e. The number of carbonyl (C=O) groups excluding carboxylic acids is 1. The molecule has 4 aliphatic carbocycles. The highest BCUT2D eigenvalue weighted by molar-refractivity contribution is 6.05. The van der Waals surface area contributed by atoms with E-state index in [0.29, 0.717) is 23.8 Å². The van der Waals surface area contributed by atoms with Crippen LogP contribution in [0.2, 0.25) is 0 Å². The number of ketones is 1. The summed E-state index contributed by atoms with van der Waals surface area (Å²) in [6.07, 6.45) is 5.76. The lowest BCUT2D eigenvalue weighted by Crippen LogP contribution is -2.50. The first kappa shape index (κ1) is 21.9. The lowest BCUT2D eigenvalue weighted by atomic mass is 9.48. The molecule has 5 rings (SSSR count). The third-order valence-electron chi connectivity index (χ3n) is 9.30. The van der Waals surface area contributed by atoms with E-state index in [1.165, 1.54) is 17.7 Å². The Morgan fingerprint density at radius 2 is 1.69 bits per heavy atom. The average molecular weight is 445 g/mol. The number of aliphatic hydroxyl groups is 1. The van der Waals surface area contributed by atoms with Crippen molar-refractivity contribution in [3.8, 4) is 0 Å². The average Bonchev–Trinajstić information content (AvgIpc) is 2.99. The minimum atomic E-state index is -4.36. The van der Waals surface area contributed by atoms with Crippen molar-refractivity contribution in [1.82, 2.24) is 0 Å². The van der Waals surface area contributed by atoms with E-state index >= 15 is 0 Å². The van der Waals surface area contributed by atoms with E-state index in [-0.39, 0.29) is 28.6 Å². The molecule has 1 N–H and O–H groups in total. The van der Waals surface area contributed by atoms with Gasteiger partial charge in [-0.15, -0.1) is 0 Å². The van der Waals surface area contributed by atoms with Crippen LogP contribution >= 0.6 is 0 Å². The fraction of sp³-hybridized carbons (Fsp3) is 0.593. The lowest BCUT2D eigenvalue weighted by molar-refractivity contribution is -0.137. The standard InChI is InChI=1S/C27H31F3O2/c1-25-11-9-20(31)15-19(25)7-8-21-22(25)10-12-26(2)23(21)14-17(24(26)32)13-16-3-5-18(6-4-16)27(28,29)30/h3-7,13,20-23,31H,8-12,14-15H2,1-2H3/b17-13+. The van der Waals surface area contributed by atoms with Gasteiger partial charge in [-0.05, 0) is 97.5 Å². The number of benzene rings is 1. The van der Waals surface area contributed by atoms with Crippen molar-refractivity contribution >= 4 is 11.9 Å². The molecule has 172 valence electrons. The largest absolute Gasteiger partial charge is 0.416 e. The number of aliphatic hydroxyl groups excluding tert-OH is 1. The highest BCUT2D eigenvalue weighted by Crippen LogP contribution is 2.64. The van der Waals surface area contributed by atoms with Gasteiger partial charge in [-0.2, -0.15) is 13.2 Å². The minimum absolute atomic E-state index is 0.117. The molecule has 0 spiro atoms. The molecule has 1 aromatic carbocycles. The highest BCUT2D eigenvalue weighted by atomic mass is 19.4. The van der Waals surface area contributed by atoms with Crippen LogP contribution in [0, 0.1) is 28.6 Å². The molecule has 4 aliphatic rings. The van der Waals surface area contributed by atoms with E-state index < -0.39 is 11.7 Å². The molecule has 6 atom stereocenters. The smallest absolute Gasteiger partial charge is 0.393 e. The molecular weight excluding hydrogens is 413 g/mol. The predicted octanol–water partition coefficient (Wildman–Crippen LogP) is 6.59. The molecule has 0 bridgehead atoms. The number of alkyl halides is 3. The number of allylic oxidation sites excluding steroid dienone is 2. The first-order chi connectivity index (χ1) is 15.0. The Hall–Kier alpha value is -1.88. The Bertz CT molecular complexity index is 989. The molecule has 0 amide bonds. The molecule has 2 nitrogen and oxygen atoms in total. The van der Waals surface area contributed by atoms with Gasteiger partial charge >= 0.3 is 6.18 Å². The van der Waals surface area contributed by atoms with Crippen LogP contribution in [-0.4, -0.2) is 17.0 Å². The highest BCUT2D eigenvalue weighted by Gasteiger charge is 2.59. The van der Waals surface area contributed by atoms with Gasteiger partial charge in [0.2, 0.25) is 0 Å². The van der Waals surface area contributed by atoms with Gasteiger partial charge in [0.15, 0.2) is 5.78 Å². The summed E-state index contributed by atoms with van der Waals surface area (Å²) in [5.41, 5.74) is 1.89. The van der Waals surface area contributed by atoms with Crippen molar-refractivity contribution < 1.29 is 23.1 Å². The molecule has 0 aromatic heterocycles. The zero-order chi connectivity index (χ0) is 22.9. The van der Waals surface area contributed by atoms with E-state index in [1.807, 2.05) is 6.08 Å². The summed E-state index contributed by atoms with van der Waals surface area (Å²) >= 11 is 0. The van der Waals surface area contributed by atoms with E-state index in [4.69, 9.17) is 0 Å². The van der Waals surface area contributed by atoms with E-state index in [2.05, 4.69) is 19.9 Å². The summed E-state index contributed by atoms with van der Waals surface area (Å²) in [7, 11) is 0. The van der Waals surface area contributed by atoms with Crippen molar-refractivity contribution in [2.45, 2.75) is 71.1 Å². The fourth-order valence-corrected chi connectivity index (χ4v) is 7.41. The third-order valence-corrected chi connectivity index (χ3v) is 9.30. The van der Waals surface area contributed by atoms with Gasteiger partial charge in [-0.3, -0.25) is 4.79 Å². The summed E-state index contributed by atoms with van der Waals surface area (Å²) in [6.45, 7) is 4.47. The maximum absolute atomic E-state index is 13.5. The van der Waals surface area contributed by atoms with Crippen LogP contribution in [0.15, 0.2) is 41.5 Å². The second-order valence-corrected chi connectivity index (χ2v) is 10.9. The number of hydrogen-bond acceptors (Lipinski definition) is 2. The number of hydrogen-bond donors (Lipinski definition) is 1. The van der Waals surface area contributed by atoms with Gasteiger partial charge < -0.3 is 5.11 Å². The molecule has 0 radical (unpaired) electrons. The molecule has 3 saturated carbocycles. The normalized spacial score (nSPS) is 40.5. The summed E-state index contributed by atoms with van der Waals surface area (Å²) < 4.78 is 38.6. The second-order valence-electron chi connectivity index (χ2n) is 10.9. The Balaban J connectivity index is 1.43. The third kappa shape index (κ3) is 3.30. The maximum Gasteiger partial charge on any atom is 0.416 e. The van der Waals surface area contributed by atoms with Crippen LogP contribution in [0.5, 0.6) is 0 Å². The van der Waals surface area contributed by atoms with Crippen LogP contribution in [0.25, 0.3) is 6.08 Å². The van der Waals surface area contributed by atoms with Crippen LogP contribution in [-0.2, 0) is 11.0 Å². The van der Waals surface area contributed by atoms with Gasteiger partial charge in [0.25, 0.3) is 0 Å². The lowest BCUT2D eigenvalue weighted by Gasteiger charge is -2.56. The van der Waals surface area contributed by atoms with Gasteiger partial charge in [0.05, 0.1) is 11.7 Å². The predicted molar refractivity (Wildman–Crippen MR) is 118 cm³/mol. The molecule has 3 fully saturated rings. The van der Waals surface area contributed by atoms with E-state index in [0.717, 1.165) is 56.2 Å². The molecule has 6 unspecified atom stereocenters. The molecule has 32 heavy (non-hydrogen) atoms. The molecule has 1 aromatic rings. The molecule has 0 aliphatic heterocycles. The zero-order valence-electron chi connectivity index (χ0n) is 18.7. The fourth-order valence-electron chi connectivity index (χ4n) is 7.41. The van der Waals surface area contributed by atoms with Crippen LogP contribution in [0.3, 0.4) is 0 Å². The van der Waals surface area contributed by atoms with E-state index in [9.17, 15) is 23.1 Å². The molecule has 0 heterocycles. The summed E-state index contributed by atoms with van der Waals surface area (Å²) in [6, 6.07) is 5.09. The van der Waals surface area contributed by atoms with Crippen LogP contribution in [0.1, 0.15) is 69.9 Å². The number of fused-ring (bicyclic) bond motifs is 5. The number of halogens is 3. The Morgan fingerprint density at radius 1 is 1.00 bits per heavy atom. The Labute approximate surface area is 187 Å². The SMILES string of the molecule is CC12CCC3C(CC=C4CC(O)CCC43C)C1C/C(=C\c1ccc(C(F)(F)F)cc1)C2=O. The van der Waals surface area contributed by atoms with Crippen molar-refractivity contribution in [3.05, 3.63) is 52.6 Å². The molecule has 0 saturated heterocycles. The molecular formula is C27H31F3O2. The van der Waals surface area contributed by atoms with Gasteiger partial charge in [0, 0.05) is 5.41 Å². The quantitative estimate of drug-likeness (QED) is 0.392. The summed E-state index contributed by atoms with van der Waals surface area (Å²) in [5.74, 6) is 1.43. The van der Waals surface area contributed by atoms with Crippen molar-refractivity contribution in [3.63, 3.8) is 0 Å². The monoisotopic (exact) mass is 444 g/mol. The maximum atomic E-state index is 13.5. The first-order valence-electron chi connectivity index (χ1n) is 11.8. The Morgan fingerprint density at radius 3 is 2.38 bits per heavy atom. The zero-order valence-corrected chi connectivity index (χ0v) is 18.7. The Kier molecular flexibility index (Phi) is 5.01. The number of rotatable bonds is 1. The van der Waals surface area contributed by atoms with Crippen LogP contribution in [0.4, 0.5) is 13.2 Å². The van der Waals surface area contributed by atoms with E-state index in [1.54, 1.807) is 0 Å². The van der Waals surface area contributed by atoms with Gasteiger partial charge in [0.1, 0.15) is 0 Å². The number of Topliss-reactive ketones (excluding diaryl/α,β-unsaturated/α-hetero) is 1. The first-order valence-corrected chi connectivity index (χ1v) is 11.8. The van der Waals surface area contributed by atoms with Crippen LogP contribution < -0.4 is 0 Å². The molecule has 5 heteroatoms. The van der Waals surface area contributed by atoms with Crippen molar-refractivity contribution in [2.75, 3.05) is 0 Å². The summed E-state index contributed by atoms with van der Waals surface area (Å²) in [4.78, 5) is 13.5. The van der Waals surface area contributed by atoms with Gasteiger partial charge in [-0.25, -0.2) is 0 Å². The second kappa shape index (κ2) is 7.31. The number of carbonyl (C=O) groups is 1. The summed E-state index contributed by atoms with van der Waals surface area (Å²) in [5, 5.41) is 10.2.